The van der Waals surface area contributed by atoms with E-state index in [0.29, 0.717) is 32.8 Å². The Hall–Kier alpha value is -2.12. The summed E-state index contributed by atoms with van der Waals surface area (Å²) in [6.45, 7) is 0. The zero-order valence-electron chi connectivity index (χ0n) is 11.9. The number of aromatic nitrogens is 4. The fraction of sp³-hybridized carbons (Fsp3) is 0.143. The lowest BCUT2D eigenvalue weighted by Crippen LogP contribution is -1.99. The van der Waals surface area contributed by atoms with Crippen LogP contribution in [0.4, 0.5) is 11.5 Å². The summed E-state index contributed by atoms with van der Waals surface area (Å²) in [5.41, 5.74) is 2.12. The molecular formula is C14H12ClN5OS. The minimum Gasteiger partial charge on any atom is -0.495 e. The van der Waals surface area contributed by atoms with Crippen molar-refractivity contribution in [1.82, 2.24) is 19.9 Å². The summed E-state index contributed by atoms with van der Waals surface area (Å²) in [5.74, 6) is 1.22. The number of ether oxygens (including phenoxy) is 1. The molecule has 0 aliphatic heterocycles. The van der Waals surface area contributed by atoms with Crippen LogP contribution >= 0.6 is 23.4 Å². The second-order valence-corrected chi connectivity index (χ2v) is 5.47. The van der Waals surface area contributed by atoms with Gasteiger partial charge in [-0.15, -0.1) is 0 Å². The maximum Gasteiger partial charge on any atom is 0.188 e. The molecule has 3 rings (SSSR count). The van der Waals surface area contributed by atoms with Gasteiger partial charge in [0.25, 0.3) is 0 Å². The monoisotopic (exact) mass is 333 g/mol. The minimum absolute atomic E-state index is 0.519. The van der Waals surface area contributed by atoms with E-state index in [-0.39, 0.29) is 0 Å². The molecule has 0 fully saturated rings. The Kier molecular flexibility index (Phi) is 4.26. The van der Waals surface area contributed by atoms with Crippen LogP contribution in [0.25, 0.3) is 11.0 Å². The number of benzene rings is 1. The maximum atomic E-state index is 6.13. The number of methoxy groups -OCH3 is 1. The molecule has 0 aliphatic carbocycles. The summed E-state index contributed by atoms with van der Waals surface area (Å²) < 4.78 is 5.14. The summed E-state index contributed by atoms with van der Waals surface area (Å²) >= 11 is 7.60. The lowest BCUT2D eigenvalue weighted by Gasteiger charge is -2.10. The molecular weight excluding hydrogens is 322 g/mol. The van der Waals surface area contributed by atoms with Crippen molar-refractivity contribution in [3.05, 3.63) is 35.7 Å². The second kappa shape index (κ2) is 6.33. The average Bonchev–Trinajstić information content (AvgIpc) is 2.55. The summed E-state index contributed by atoms with van der Waals surface area (Å²) in [6, 6.07) is 5.41. The Balaban J connectivity index is 2.01. The lowest BCUT2D eigenvalue weighted by atomic mass is 10.3. The van der Waals surface area contributed by atoms with Gasteiger partial charge in [-0.25, -0.2) is 19.9 Å². The summed E-state index contributed by atoms with van der Waals surface area (Å²) in [7, 11) is 1.58. The van der Waals surface area contributed by atoms with E-state index in [1.165, 1.54) is 18.1 Å². The molecule has 0 saturated carbocycles. The molecule has 0 bridgehead atoms. The third kappa shape index (κ3) is 2.90. The highest BCUT2D eigenvalue weighted by atomic mass is 35.5. The zero-order chi connectivity index (χ0) is 15.5. The van der Waals surface area contributed by atoms with Crippen molar-refractivity contribution >= 4 is 45.9 Å². The standard InChI is InChI=1S/C14H12ClN5OS/c1-21-11-4-3-8(5-9(11)15)19-13-12-10(17-7-18-13)6-16-14(20-12)22-2/h3-7H,1-2H3,(H,17,18,19). The van der Waals surface area contributed by atoms with Gasteiger partial charge in [-0.2, -0.15) is 0 Å². The Morgan fingerprint density at radius 3 is 2.82 bits per heavy atom. The van der Waals surface area contributed by atoms with Gasteiger partial charge in [-0.1, -0.05) is 23.4 Å². The molecule has 0 spiro atoms. The molecule has 3 aromatic rings. The van der Waals surface area contributed by atoms with Gasteiger partial charge in [0.05, 0.1) is 18.3 Å². The van der Waals surface area contributed by atoms with E-state index >= 15 is 0 Å². The molecule has 0 radical (unpaired) electrons. The van der Waals surface area contributed by atoms with Crippen LogP contribution in [0.2, 0.25) is 5.02 Å². The molecule has 0 amide bonds. The van der Waals surface area contributed by atoms with Crippen LogP contribution in [0.15, 0.2) is 35.9 Å². The molecule has 112 valence electrons. The summed E-state index contributed by atoms with van der Waals surface area (Å²) in [6.07, 6.45) is 5.07. The number of hydrogen-bond donors (Lipinski definition) is 1. The molecule has 22 heavy (non-hydrogen) atoms. The maximum absolute atomic E-state index is 6.13. The Labute approximate surface area is 136 Å². The van der Waals surface area contributed by atoms with E-state index < -0.39 is 0 Å². The lowest BCUT2D eigenvalue weighted by molar-refractivity contribution is 0.415. The number of fused-ring (bicyclic) bond motifs is 1. The third-order valence-electron chi connectivity index (χ3n) is 2.95. The molecule has 0 unspecified atom stereocenters. The first-order valence-corrected chi connectivity index (χ1v) is 7.94. The second-order valence-electron chi connectivity index (χ2n) is 4.29. The summed E-state index contributed by atoms with van der Waals surface area (Å²) in [4.78, 5) is 17.1. The van der Waals surface area contributed by atoms with E-state index in [4.69, 9.17) is 16.3 Å². The van der Waals surface area contributed by atoms with Crippen molar-refractivity contribution in [2.24, 2.45) is 0 Å². The van der Waals surface area contributed by atoms with Crippen molar-refractivity contribution in [3.8, 4) is 5.75 Å². The molecule has 1 aromatic carbocycles. The van der Waals surface area contributed by atoms with Crippen LogP contribution in [0.3, 0.4) is 0 Å². The van der Waals surface area contributed by atoms with Gasteiger partial charge in [-0.3, -0.25) is 0 Å². The number of hydrogen-bond acceptors (Lipinski definition) is 7. The van der Waals surface area contributed by atoms with Gasteiger partial charge < -0.3 is 10.1 Å². The zero-order valence-corrected chi connectivity index (χ0v) is 13.4. The molecule has 1 N–H and O–H groups in total. The average molecular weight is 334 g/mol. The van der Waals surface area contributed by atoms with Gasteiger partial charge in [-0.05, 0) is 24.5 Å². The first kappa shape index (κ1) is 14.8. The van der Waals surface area contributed by atoms with Gasteiger partial charge in [0, 0.05) is 5.69 Å². The van der Waals surface area contributed by atoms with E-state index in [0.717, 1.165) is 5.69 Å². The number of anilines is 2. The van der Waals surface area contributed by atoms with E-state index in [9.17, 15) is 0 Å². The SMILES string of the molecule is COc1ccc(Nc2ncnc3cnc(SC)nc23)cc1Cl. The predicted octanol–water partition coefficient (Wildman–Crippen LogP) is 3.55. The highest BCUT2D eigenvalue weighted by Crippen LogP contribution is 2.29. The Morgan fingerprint density at radius 1 is 1.23 bits per heavy atom. The van der Waals surface area contributed by atoms with Crippen molar-refractivity contribution in [2.45, 2.75) is 5.16 Å². The topological polar surface area (TPSA) is 72.8 Å². The fourth-order valence-electron chi connectivity index (χ4n) is 1.91. The van der Waals surface area contributed by atoms with E-state index in [1.54, 1.807) is 25.4 Å². The number of rotatable bonds is 4. The van der Waals surface area contributed by atoms with Crippen LogP contribution in [-0.4, -0.2) is 33.3 Å². The quantitative estimate of drug-likeness (QED) is 0.578. The van der Waals surface area contributed by atoms with Gasteiger partial charge >= 0.3 is 0 Å². The third-order valence-corrected chi connectivity index (χ3v) is 3.81. The number of thioether (sulfide) groups is 1. The fourth-order valence-corrected chi connectivity index (χ4v) is 2.51. The van der Waals surface area contributed by atoms with E-state index in [1.807, 2.05) is 12.3 Å². The van der Waals surface area contributed by atoms with Gasteiger partial charge in [0.1, 0.15) is 23.1 Å². The first-order chi connectivity index (χ1) is 10.7. The highest BCUT2D eigenvalue weighted by molar-refractivity contribution is 7.98. The molecule has 0 atom stereocenters. The Bertz CT molecular complexity index is 829. The van der Waals surface area contributed by atoms with Crippen LogP contribution in [0, 0.1) is 0 Å². The number of nitrogens with one attached hydrogen (secondary N) is 1. The molecule has 0 saturated heterocycles. The largest absolute Gasteiger partial charge is 0.495 e. The van der Waals surface area contributed by atoms with Gasteiger partial charge in [0.15, 0.2) is 11.0 Å². The minimum atomic E-state index is 0.519. The van der Waals surface area contributed by atoms with Crippen molar-refractivity contribution in [1.29, 1.82) is 0 Å². The highest BCUT2D eigenvalue weighted by Gasteiger charge is 2.09. The summed E-state index contributed by atoms with van der Waals surface area (Å²) in [5, 5.41) is 4.38. The Morgan fingerprint density at radius 2 is 2.09 bits per heavy atom. The van der Waals surface area contributed by atoms with Gasteiger partial charge in [0.2, 0.25) is 0 Å². The number of nitrogens with zero attached hydrogens (tertiary/aromatic N) is 4. The van der Waals surface area contributed by atoms with E-state index in [2.05, 4.69) is 25.3 Å². The molecule has 8 heteroatoms. The van der Waals surface area contributed by atoms with Crippen molar-refractivity contribution < 1.29 is 4.74 Å². The van der Waals surface area contributed by atoms with Crippen molar-refractivity contribution in [3.63, 3.8) is 0 Å². The molecule has 0 aliphatic rings. The first-order valence-electron chi connectivity index (χ1n) is 6.33. The molecule has 6 nitrogen and oxygen atoms in total. The van der Waals surface area contributed by atoms with Crippen molar-refractivity contribution in [2.75, 3.05) is 18.7 Å². The smallest absolute Gasteiger partial charge is 0.188 e. The van der Waals surface area contributed by atoms with Crippen LogP contribution in [0.1, 0.15) is 0 Å². The normalized spacial score (nSPS) is 10.7. The molecule has 2 aromatic heterocycles. The van der Waals surface area contributed by atoms with Crippen LogP contribution < -0.4 is 10.1 Å². The predicted molar refractivity (Wildman–Crippen MR) is 88.2 cm³/mol. The molecule has 2 heterocycles. The van der Waals surface area contributed by atoms with Crippen LogP contribution in [-0.2, 0) is 0 Å². The van der Waals surface area contributed by atoms with Crippen LogP contribution in [0.5, 0.6) is 5.75 Å². The number of halogens is 1.